The third-order valence-electron chi connectivity index (χ3n) is 2.68. The average molecular weight is 221 g/mol. The van der Waals surface area contributed by atoms with E-state index in [1.807, 2.05) is 43.3 Å². The van der Waals surface area contributed by atoms with Crippen molar-refractivity contribution in [1.82, 2.24) is 4.90 Å². The SMILES string of the molecule is COc1ccc(CC(C(C)=O)N(C)C)cc1. The van der Waals surface area contributed by atoms with Crippen LogP contribution in [0.4, 0.5) is 0 Å². The van der Waals surface area contributed by atoms with Crippen LogP contribution >= 0.6 is 0 Å². The molecule has 0 saturated heterocycles. The van der Waals surface area contributed by atoms with E-state index in [1.54, 1.807) is 14.0 Å². The summed E-state index contributed by atoms with van der Waals surface area (Å²) < 4.78 is 5.09. The Hall–Kier alpha value is -1.35. The Labute approximate surface area is 97.0 Å². The fourth-order valence-corrected chi connectivity index (χ4v) is 1.67. The molecule has 0 heterocycles. The highest BCUT2D eigenvalue weighted by Gasteiger charge is 2.16. The van der Waals surface area contributed by atoms with Crippen molar-refractivity contribution >= 4 is 5.78 Å². The van der Waals surface area contributed by atoms with Gasteiger partial charge in [0.25, 0.3) is 0 Å². The van der Waals surface area contributed by atoms with E-state index < -0.39 is 0 Å². The largest absolute Gasteiger partial charge is 0.497 e. The molecule has 0 radical (unpaired) electrons. The number of hydrogen-bond donors (Lipinski definition) is 0. The number of carbonyl (C=O) groups excluding carboxylic acids is 1. The molecule has 0 spiro atoms. The summed E-state index contributed by atoms with van der Waals surface area (Å²) >= 11 is 0. The summed E-state index contributed by atoms with van der Waals surface area (Å²) in [6.07, 6.45) is 0.742. The van der Waals surface area contributed by atoms with E-state index in [1.165, 1.54) is 0 Å². The number of nitrogens with zero attached hydrogens (tertiary/aromatic N) is 1. The number of rotatable bonds is 5. The maximum Gasteiger partial charge on any atom is 0.147 e. The van der Waals surface area contributed by atoms with Gasteiger partial charge in [0.15, 0.2) is 0 Å². The molecule has 1 aromatic carbocycles. The Bertz CT molecular complexity index is 343. The molecule has 0 fully saturated rings. The van der Waals surface area contributed by atoms with Gasteiger partial charge < -0.3 is 4.74 Å². The summed E-state index contributed by atoms with van der Waals surface area (Å²) in [6, 6.07) is 7.79. The molecule has 3 heteroatoms. The van der Waals surface area contributed by atoms with E-state index in [-0.39, 0.29) is 11.8 Å². The molecular weight excluding hydrogens is 202 g/mol. The smallest absolute Gasteiger partial charge is 0.147 e. The van der Waals surface area contributed by atoms with Crippen molar-refractivity contribution in [3.63, 3.8) is 0 Å². The number of hydrogen-bond acceptors (Lipinski definition) is 3. The third-order valence-corrected chi connectivity index (χ3v) is 2.68. The van der Waals surface area contributed by atoms with Gasteiger partial charge in [-0.05, 0) is 45.1 Å². The molecule has 0 N–H and O–H groups in total. The van der Waals surface area contributed by atoms with Crippen LogP contribution in [0.2, 0.25) is 0 Å². The maximum absolute atomic E-state index is 11.4. The van der Waals surface area contributed by atoms with E-state index in [0.29, 0.717) is 0 Å². The Morgan fingerprint density at radius 1 is 1.31 bits per heavy atom. The van der Waals surface area contributed by atoms with Gasteiger partial charge in [-0.2, -0.15) is 0 Å². The lowest BCUT2D eigenvalue weighted by Crippen LogP contribution is -2.36. The van der Waals surface area contributed by atoms with E-state index in [9.17, 15) is 4.79 Å². The molecule has 0 aliphatic carbocycles. The van der Waals surface area contributed by atoms with Crippen LogP contribution in [0.5, 0.6) is 5.75 Å². The first-order valence-electron chi connectivity index (χ1n) is 5.34. The van der Waals surface area contributed by atoms with Gasteiger partial charge in [0, 0.05) is 0 Å². The van der Waals surface area contributed by atoms with Crippen molar-refractivity contribution in [3.05, 3.63) is 29.8 Å². The number of ketones is 1. The number of carbonyl (C=O) groups is 1. The topological polar surface area (TPSA) is 29.5 Å². The first-order valence-corrected chi connectivity index (χ1v) is 5.34. The van der Waals surface area contributed by atoms with Gasteiger partial charge in [0.05, 0.1) is 13.2 Å². The minimum absolute atomic E-state index is 0.0478. The quantitative estimate of drug-likeness (QED) is 0.758. The second-order valence-corrected chi connectivity index (χ2v) is 4.14. The van der Waals surface area contributed by atoms with Gasteiger partial charge in [-0.15, -0.1) is 0 Å². The standard InChI is InChI=1S/C13H19NO2/c1-10(15)13(14(2)3)9-11-5-7-12(16-4)8-6-11/h5-8,13H,9H2,1-4H3. The highest BCUT2D eigenvalue weighted by molar-refractivity contribution is 5.81. The van der Waals surface area contributed by atoms with Gasteiger partial charge in [-0.25, -0.2) is 0 Å². The molecule has 0 aromatic heterocycles. The van der Waals surface area contributed by atoms with Crippen LogP contribution < -0.4 is 4.74 Å². The minimum atomic E-state index is -0.0478. The van der Waals surface area contributed by atoms with E-state index >= 15 is 0 Å². The lowest BCUT2D eigenvalue weighted by atomic mass is 10.0. The predicted molar refractivity (Wildman–Crippen MR) is 64.9 cm³/mol. The minimum Gasteiger partial charge on any atom is -0.497 e. The number of Topliss-reactive ketones (excluding diaryl/α,β-unsaturated/α-hetero) is 1. The molecule has 0 amide bonds. The summed E-state index contributed by atoms with van der Waals surface area (Å²) in [5.74, 6) is 1.04. The van der Waals surface area contributed by atoms with Crippen LogP contribution in [-0.2, 0) is 11.2 Å². The second kappa shape index (κ2) is 5.66. The van der Waals surface area contributed by atoms with Crippen LogP contribution in [0, 0.1) is 0 Å². The first-order chi connectivity index (χ1) is 7.54. The molecule has 0 bridgehead atoms. The van der Waals surface area contributed by atoms with Crippen molar-refractivity contribution in [3.8, 4) is 5.75 Å². The van der Waals surface area contributed by atoms with Crippen LogP contribution in [0.3, 0.4) is 0 Å². The second-order valence-electron chi connectivity index (χ2n) is 4.14. The normalized spacial score (nSPS) is 12.6. The lowest BCUT2D eigenvalue weighted by Gasteiger charge is -2.21. The van der Waals surface area contributed by atoms with Crippen LogP contribution in [-0.4, -0.2) is 37.9 Å². The first kappa shape index (κ1) is 12.7. The molecule has 1 atom stereocenters. The summed E-state index contributed by atoms with van der Waals surface area (Å²) in [6.45, 7) is 1.63. The number of likely N-dealkylation sites (N-methyl/N-ethyl adjacent to an activating group) is 1. The lowest BCUT2D eigenvalue weighted by molar-refractivity contribution is -0.121. The Kier molecular flexibility index (Phi) is 4.50. The van der Waals surface area contributed by atoms with Crippen molar-refractivity contribution < 1.29 is 9.53 Å². The molecule has 0 saturated carbocycles. The van der Waals surface area contributed by atoms with Gasteiger partial charge >= 0.3 is 0 Å². The van der Waals surface area contributed by atoms with Gasteiger partial charge in [-0.1, -0.05) is 12.1 Å². The van der Waals surface area contributed by atoms with Crippen molar-refractivity contribution in [2.75, 3.05) is 21.2 Å². The molecule has 1 unspecified atom stereocenters. The predicted octanol–water partition coefficient (Wildman–Crippen LogP) is 1.76. The van der Waals surface area contributed by atoms with Crippen molar-refractivity contribution in [2.45, 2.75) is 19.4 Å². The molecule has 1 aromatic rings. The zero-order valence-corrected chi connectivity index (χ0v) is 10.4. The number of ether oxygens (including phenoxy) is 1. The van der Waals surface area contributed by atoms with Crippen LogP contribution in [0.25, 0.3) is 0 Å². The molecule has 88 valence electrons. The van der Waals surface area contributed by atoms with Gasteiger partial charge in [0.1, 0.15) is 11.5 Å². The average Bonchev–Trinajstić information content (AvgIpc) is 2.25. The van der Waals surface area contributed by atoms with E-state index in [4.69, 9.17) is 4.74 Å². The van der Waals surface area contributed by atoms with Crippen LogP contribution in [0.1, 0.15) is 12.5 Å². The molecule has 0 aliphatic heterocycles. The fourth-order valence-electron chi connectivity index (χ4n) is 1.67. The summed E-state index contributed by atoms with van der Waals surface area (Å²) in [7, 11) is 5.50. The molecule has 0 aliphatic rings. The van der Waals surface area contributed by atoms with Crippen LogP contribution in [0.15, 0.2) is 24.3 Å². The van der Waals surface area contributed by atoms with E-state index in [2.05, 4.69) is 0 Å². The van der Waals surface area contributed by atoms with Crippen molar-refractivity contribution in [2.24, 2.45) is 0 Å². The molecule has 1 rings (SSSR count). The highest BCUT2D eigenvalue weighted by atomic mass is 16.5. The molecular formula is C13H19NO2. The number of methoxy groups -OCH3 is 1. The number of benzene rings is 1. The maximum atomic E-state index is 11.4. The summed E-state index contributed by atoms with van der Waals surface area (Å²) in [5, 5.41) is 0. The highest BCUT2D eigenvalue weighted by Crippen LogP contribution is 2.14. The fraction of sp³-hybridized carbons (Fsp3) is 0.462. The van der Waals surface area contributed by atoms with E-state index in [0.717, 1.165) is 17.7 Å². The van der Waals surface area contributed by atoms with Crippen molar-refractivity contribution in [1.29, 1.82) is 0 Å². The zero-order valence-electron chi connectivity index (χ0n) is 10.4. The zero-order chi connectivity index (χ0) is 12.1. The Morgan fingerprint density at radius 3 is 2.25 bits per heavy atom. The Morgan fingerprint density at radius 2 is 1.88 bits per heavy atom. The molecule has 16 heavy (non-hydrogen) atoms. The molecule has 3 nitrogen and oxygen atoms in total. The monoisotopic (exact) mass is 221 g/mol. The third kappa shape index (κ3) is 3.35. The Balaban J connectivity index is 2.74. The summed E-state index contributed by atoms with van der Waals surface area (Å²) in [4.78, 5) is 13.4. The van der Waals surface area contributed by atoms with Gasteiger partial charge in [0.2, 0.25) is 0 Å². The summed E-state index contributed by atoms with van der Waals surface area (Å²) in [5.41, 5.74) is 1.15. The van der Waals surface area contributed by atoms with Gasteiger partial charge in [-0.3, -0.25) is 9.69 Å².